The molecule has 0 aliphatic heterocycles. The predicted octanol–water partition coefficient (Wildman–Crippen LogP) is 2.80. The smallest absolute Gasteiger partial charge is 0.271 e. The Kier molecular flexibility index (Phi) is 3.92. The molecular formula is C14H12N4O2S. The van der Waals surface area contributed by atoms with Gasteiger partial charge in [-0.15, -0.1) is 11.3 Å². The molecular weight excluding hydrogens is 288 g/mol. The van der Waals surface area contributed by atoms with Crippen molar-refractivity contribution in [3.05, 3.63) is 59.8 Å². The second kappa shape index (κ2) is 6.19. The lowest BCUT2D eigenvalue weighted by Crippen LogP contribution is -2.22. The lowest BCUT2D eigenvalue weighted by molar-refractivity contribution is 0.0944. The minimum absolute atomic E-state index is 0.234. The molecule has 21 heavy (non-hydrogen) atoms. The zero-order valence-electron chi connectivity index (χ0n) is 10.9. The Morgan fingerprint density at radius 3 is 3.05 bits per heavy atom. The van der Waals surface area contributed by atoms with Crippen molar-refractivity contribution in [2.75, 3.05) is 5.32 Å². The number of nitrogens with zero attached hydrogens (tertiary/aromatic N) is 2. The van der Waals surface area contributed by atoms with E-state index in [0.717, 1.165) is 5.69 Å². The standard InChI is InChI=1S/C14H12N4O2S/c19-13(16-8-11-4-2-6-20-11)12-9-21-14(18-12)17-10-3-1-5-15-7-10/h1-7,9H,8H2,(H,16,19)(H,17,18). The lowest BCUT2D eigenvalue weighted by atomic mass is 10.4. The Bertz CT molecular complexity index is 710. The van der Waals surface area contributed by atoms with Gasteiger partial charge in [0.2, 0.25) is 0 Å². The highest BCUT2D eigenvalue weighted by atomic mass is 32.1. The number of pyridine rings is 1. The van der Waals surface area contributed by atoms with Gasteiger partial charge in [-0.2, -0.15) is 0 Å². The number of aromatic nitrogens is 2. The normalized spacial score (nSPS) is 10.3. The van der Waals surface area contributed by atoms with Crippen LogP contribution < -0.4 is 10.6 Å². The number of carbonyl (C=O) groups is 1. The number of furan rings is 1. The van der Waals surface area contributed by atoms with Crippen molar-refractivity contribution in [3.63, 3.8) is 0 Å². The van der Waals surface area contributed by atoms with Gasteiger partial charge in [0.1, 0.15) is 11.5 Å². The van der Waals surface area contributed by atoms with E-state index in [9.17, 15) is 4.79 Å². The van der Waals surface area contributed by atoms with E-state index in [1.54, 1.807) is 36.2 Å². The van der Waals surface area contributed by atoms with Crippen molar-refractivity contribution >= 4 is 28.1 Å². The maximum absolute atomic E-state index is 12.0. The maximum atomic E-state index is 12.0. The number of carbonyl (C=O) groups excluding carboxylic acids is 1. The van der Waals surface area contributed by atoms with Gasteiger partial charge in [0.25, 0.3) is 5.91 Å². The topological polar surface area (TPSA) is 80.0 Å². The third-order valence-corrected chi connectivity index (χ3v) is 3.41. The summed E-state index contributed by atoms with van der Waals surface area (Å²) in [5.41, 5.74) is 1.20. The molecule has 3 aromatic rings. The van der Waals surface area contributed by atoms with E-state index >= 15 is 0 Å². The van der Waals surface area contributed by atoms with Gasteiger partial charge in [-0.05, 0) is 24.3 Å². The summed E-state index contributed by atoms with van der Waals surface area (Å²) in [7, 11) is 0. The van der Waals surface area contributed by atoms with Crippen LogP contribution >= 0.6 is 11.3 Å². The number of anilines is 2. The SMILES string of the molecule is O=C(NCc1ccco1)c1csc(Nc2cccnc2)n1. The first-order chi connectivity index (χ1) is 10.3. The molecule has 0 aliphatic carbocycles. The molecule has 6 nitrogen and oxygen atoms in total. The average molecular weight is 300 g/mol. The largest absolute Gasteiger partial charge is 0.467 e. The molecule has 0 unspecified atom stereocenters. The van der Waals surface area contributed by atoms with Crippen LogP contribution in [0.1, 0.15) is 16.2 Å². The summed E-state index contributed by atoms with van der Waals surface area (Å²) in [6.07, 6.45) is 4.96. The number of thiazole rings is 1. The molecule has 2 N–H and O–H groups in total. The van der Waals surface area contributed by atoms with Crippen LogP contribution in [-0.2, 0) is 6.54 Å². The molecule has 0 aliphatic rings. The fourth-order valence-corrected chi connectivity index (χ4v) is 2.38. The Morgan fingerprint density at radius 1 is 1.33 bits per heavy atom. The maximum Gasteiger partial charge on any atom is 0.271 e. The molecule has 0 radical (unpaired) electrons. The van der Waals surface area contributed by atoms with Gasteiger partial charge in [0.05, 0.1) is 24.7 Å². The molecule has 0 aromatic carbocycles. The van der Waals surface area contributed by atoms with E-state index in [2.05, 4.69) is 20.6 Å². The fourth-order valence-electron chi connectivity index (χ4n) is 1.67. The minimum Gasteiger partial charge on any atom is -0.467 e. The monoisotopic (exact) mass is 300 g/mol. The second-order valence-corrected chi connectivity index (χ2v) is 5.02. The van der Waals surface area contributed by atoms with Crippen molar-refractivity contribution in [1.82, 2.24) is 15.3 Å². The van der Waals surface area contributed by atoms with E-state index in [1.807, 2.05) is 12.1 Å². The van der Waals surface area contributed by atoms with Gasteiger partial charge in [0.15, 0.2) is 5.13 Å². The van der Waals surface area contributed by atoms with Gasteiger partial charge in [0, 0.05) is 11.6 Å². The first kappa shape index (κ1) is 13.3. The summed E-state index contributed by atoms with van der Waals surface area (Å²) in [4.78, 5) is 20.2. The van der Waals surface area contributed by atoms with Gasteiger partial charge in [-0.1, -0.05) is 0 Å². The summed E-state index contributed by atoms with van der Waals surface area (Å²) in [6, 6.07) is 7.29. The van der Waals surface area contributed by atoms with Crippen molar-refractivity contribution < 1.29 is 9.21 Å². The van der Waals surface area contributed by atoms with Crippen molar-refractivity contribution in [1.29, 1.82) is 0 Å². The molecule has 0 saturated carbocycles. The van der Waals surface area contributed by atoms with E-state index in [1.165, 1.54) is 11.3 Å². The first-order valence-electron chi connectivity index (χ1n) is 6.24. The van der Waals surface area contributed by atoms with Gasteiger partial charge in [-0.3, -0.25) is 9.78 Å². The predicted molar refractivity (Wildman–Crippen MR) is 79.5 cm³/mol. The van der Waals surface area contributed by atoms with E-state index in [0.29, 0.717) is 23.1 Å². The van der Waals surface area contributed by atoms with Crippen molar-refractivity contribution in [2.24, 2.45) is 0 Å². The van der Waals surface area contributed by atoms with Gasteiger partial charge in [-0.25, -0.2) is 4.98 Å². The highest BCUT2D eigenvalue weighted by Crippen LogP contribution is 2.20. The van der Waals surface area contributed by atoms with Crippen molar-refractivity contribution in [2.45, 2.75) is 6.54 Å². The Balaban J connectivity index is 1.60. The summed E-state index contributed by atoms with van der Waals surface area (Å²) in [6.45, 7) is 0.342. The van der Waals surface area contributed by atoms with E-state index in [-0.39, 0.29) is 5.91 Å². The van der Waals surface area contributed by atoms with Crippen molar-refractivity contribution in [3.8, 4) is 0 Å². The third-order valence-electron chi connectivity index (χ3n) is 2.65. The van der Waals surface area contributed by atoms with E-state index in [4.69, 9.17) is 4.42 Å². The summed E-state index contributed by atoms with van der Waals surface area (Å²) >= 11 is 1.36. The van der Waals surface area contributed by atoms with Crippen LogP contribution in [0.3, 0.4) is 0 Å². The quantitative estimate of drug-likeness (QED) is 0.757. The Labute approximate surface area is 124 Å². The summed E-state index contributed by atoms with van der Waals surface area (Å²) in [5, 5.41) is 8.19. The van der Waals surface area contributed by atoms with Gasteiger partial charge >= 0.3 is 0 Å². The minimum atomic E-state index is -0.234. The molecule has 0 spiro atoms. The lowest BCUT2D eigenvalue weighted by Gasteiger charge is -2.01. The molecule has 3 aromatic heterocycles. The number of hydrogen-bond donors (Lipinski definition) is 2. The summed E-state index contributed by atoms with van der Waals surface area (Å²) < 4.78 is 5.15. The molecule has 0 atom stereocenters. The molecule has 106 valence electrons. The van der Waals surface area contributed by atoms with Crippen LogP contribution in [0, 0.1) is 0 Å². The molecule has 1 amide bonds. The van der Waals surface area contributed by atoms with Crippen LogP contribution in [0.5, 0.6) is 0 Å². The molecule has 7 heteroatoms. The zero-order valence-corrected chi connectivity index (χ0v) is 11.8. The fraction of sp³-hybridized carbons (Fsp3) is 0.0714. The molecule has 0 bridgehead atoms. The van der Waals surface area contributed by atoms with Crippen LogP contribution in [0.4, 0.5) is 10.8 Å². The van der Waals surface area contributed by atoms with Crippen LogP contribution in [0.15, 0.2) is 52.7 Å². The second-order valence-electron chi connectivity index (χ2n) is 4.17. The van der Waals surface area contributed by atoms with Crippen LogP contribution in [-0.4, -0.2) is 15.9 Å². The number of nitrogens with one attached hydrogen (secondary N) is 2. The van der Waals surface area contributed by atoms with Gasteiger partial charge < -0.3 is 15.1 Å². The number of amides is 1. The van der Waals surface area contributed by atoms with E-state index < -0.39 is 0 Å². The number of hydrogen-bond acceptors (Lipinski definition) is 6. The molecule has 3 rings (SSSR count). The highest BCUT2D eigenvalue weighted by molar-refractivity contribution is 7.14. The summed E-state index contributed by atoms with van der Waals surface area (Å²) in [5.74, 6) is 0.467. The van der Waals surface area contributed by atoms with Crippen LogP contribution in [0.2, 0.25) is 0 Å². The van der Waals surface area contributed by atoms with Crippen LogP contribution in [0.25, 0.3) is 0 Å². The molecule has 3 heterocycles. The average Bonchev–Trinajstić information content (AvgIpc) is 3.17. The zero-order chi connectivity index (χ0) is 14.5. The molecule has 0 saturated heterocycles. The number of rotatable bonds is 5. The highest BCUT2D eigenvalue weighted by Gasteiger charge is 2.11. The molecule has 0 fully saturated rings. The first-order valence-corrected chi connectivity index (χ1v) is 7.12. The third kappa shape index (κ3) is 3.46. The Morgan fingerprint density at radius 2 is 2.29 bits per heavy atom. The Hall–Kier alpha value is -2.67.